The molecule has 2 amide bonds. The number of carbonyl (C=O) groups is 2. The Morgan fingerprint density at radius 1 is 1.41 bits per heavy atom. The maximum absolute atomic E-state index is 11.9. The van der Waals surface area contributed by atoms with Crippen LogP contribution in [0.5, 0.6) is 0 Å². The molecule has 1 saturated heterocycles. The highest BCUT2D eigenvalue weighted by Gasteiger charge is 2.24. The van der Waals surface area contributed by atoms with Crippen LogP contribution < -0.4 is 11.1 Å². The molecule has 3 N–H and O–H groups in total. The molecular formula is C11H22ClN3O2. The molecule has 1 fully saturated rings. The van der Waals surface area contributed by atoms with Crippen molar-refractivity contribution in [1.29, 1.82) is 0 Å². The highest BCUT2D eigenvalue weighted by atomic mass is 35.5. The molecule has 1 aliphatic rings. The number of rotatable bonds is 4. The quantitative estimate of drug-likeness (QED) is 0.765. The number of halogens is 1. The molecule has 100 valence electrons. The van der Waals surface area contributed by atoms with Crippen LogP contribution in [0.15, 0.2) is 0 Å². The van der Waals surface area contributed by atoms with Crippen molar-refractivity contribution < 1.29 is 9.59 Å². The molecule has 0 aromatic heterocycles. The molecule has 0 aliphatic carbocycles. The lowest BCUT2D eigenvalue weighted by Gasteiger charge is -2.35. The van der Waals surface area contributed by atoms with Gasteiger partial charge in [-0.1, -0.05) is 6.92 Å². The predicted molar refractivity (Wildman–Crippen MR) is 69.0 cm³/mol. The number of hydrogen-bond donors (Lipinski definition) is 2. The average molecular weight is 264 g/mol. The average Bonchev–Trinajstić information content (AvgIpc) is 2.35. The van der Waals surface area contributed by atoms with E-state index in [0.717, 1.165) is 25.8 Å². The van der Waals surface area contributed by atoms with Gasteiger partial charge in [0.05, 0.1) is 13.1 Å². The molecule has 0 spiro atoms. The molecule has 0 radical (unpaired) electrons. The van der Waals surface area contributed by atoms with Gasteiger partial charge in [0.2, 0.25) is 11.8 Å². The van der Waals surface area contributed by atoms with Gasteiger partial charge in [0.1, 0.15) is 0 Å². The van der Waals surface area contributed by atoms with Crippen LogP contribution in [0.2, 0.25) is 0 Å². The van der Waals surface area contributed by atoms with E-state index < -0.39 is 0 Å². The molecule has 5 nitrogen and oxygen atoms in total. The zero-order chi connectivity index (χ0) is 12.0. The molecule has 0 saturated carbocycles. The number of likely N-dealkylation sites (tertiary alicyclic amines) is 1. The fraction of sp³-hybridized carbons (Fsp3) is 0.818. The Kier molecular flexibility index (Phi) is 7.91. The van der Waals surface area contributed by atoms with Crippen LogP contribution in [0, 0.1) is 0 Å². The first-order valence-electron chi connectivity index (χ1n) is 5.95. The van der Waals surface area contributed by atoms with E-state index in [1.54, 1.807) is 0 Å². The second-order valence-electron chi connectivity index (χ2n) is 4.13. The molecule has 0 bridgehead atoms. The summed E-state index contributed by atoms with van der Waals surface area (Å²) in [6, 6.07) is 0.344. The maximum Gasteiger partial charge on any atom is 0.242 e. The number of nitrogens with zero attached hydrogens (tertiary/aromatic N) is 1. The summed E-state index contributed by atoms with van der Waals surface area (Å²) >= 11 is 0. The summed E-state index contributed by atoms with van der Waals surface area (Å²) in [5, 5.41) is 2.52. The molecule has 1 rings (SSSR count). The summed E-state index contributed by atoms with van der Waals surface area (Å²) in [5.41, 5.74) is 5.15. The molecule has 6 heteroatoms. The van der Waals surface area contributed by atoms with Crippen molar-refractivity contribution in [3.05, 3.63) is 0 Å². The molecule has 1 atom stereocenters. The fourth-order valence-electron chi connectivity index (χ4n) is 2.10. The van der Waals surface area contributed by atoms with Crippen LogP contribution in [0.3, 0.4) is 0 Å². The Bertz CT molecular complexity index is 261. The first-order valence-corrected chi connectivity index (χ1v) is 5.95. The van der Waals surface area contributed by atoms with Gasteiger partial charge in [0, 0.05) is 12.6 Å². The molecule has 0 aromatic carbocycles. The van der Waals surface area contributed by atoms with E-state index in [4.69, 9.17) is 5.73 Å². The van der Waals surface area contributed by atoms with Crippen molar-refractivity contribution in [1.82, 2.24) is 10.2 Å². The summed E-state index contributed by atoms with van der Waals surface area (Å²) in [6.07, 6.45) is 4.31. The van der Waals surface area contributed by atoms with Crippen LogP contribution in [0.4, 0.5) is 0 Å². The van der Waals surface area contributed by atoms with Gasteiger partial charge in [0.15, 0.2) is 0 Å². The second kappa shape index (κ2) is 8.31. The summed E-state index contributed by atoms with van der Waals surface area (Å²) < 4.78 is 0. The molecule has 1 aliphatic heterocycles. The largest absolute Gasteiger partial charge is 0.346 e. The van der Waals surface area contributed by atoms with E-state index in [1.165, 1.54) is 6.42 Å². The zero-order valence-electron chi connectivity index (χ0n) is 10.3. The Hall–Kier alpha value is -0.810. The minimum absolute atomic E-state index is 0. The van der Waals surface area contributed by atoms with Crippen LogP contribution in [-0.2, 0) is 9.59 Å². The van der Waals surface area contributed by atoms with Gasteiger partial charge >= 0.3 is 0 Å². The summed E-state index contributed by atoms with van der Waals surface area (Å²) in [6.45, 7) is 2.92. The molecule has 17 heavy (non-hydrogen) atoms. The van der Waals surface area contributed by atoms with E-state index in [0.29, 0.717) is 6.04 Å². The lowest BCUT2D eigenvalue weighted by atomic mass is 10.00. The van der Waals surface area contributed by atoms with Crippen molar-refractivity contribution in [3.8, 4) is 0 Å². The highest BCUT2D eigenvalue weighted by molar-refractivity contribution is 5.86. The standard InChI is InChI=1S/C11H21N3O2.ClH/c1-2-9-5-3-4-6-14(9)11(16)8-13-10(15)7-12;/h9H,2-8,12H2,1H3,(H,13,15);1H. The third-order valence-electron chi connectivity index (χ3n) is 3.04. The van der Waals surface area contributed by atoms with Crippen LogP contribution in [0.1, 0.15) is 32.6 Å². The van der Waals surface area contributed by atoms with E-state index in [9.17, 15) is 9.59 Å². The number of nitrogens with one attached hydrogen (secondary N) is 1. The number of carbonyl (C=O) groups excluding carboxylic acids is 2. The minimum atomic E-state index is -0.279. The van der Waals surface area contributed by atoms with Gasteiger partial charge in [-0.2, -0.15) is 0 Å². The predicted octanol–water partition coefficient (Wildman–Crippen LogP) is 0.274. The first kappa shape index (κ1) is 16.2. The Morgan fingerprint density at radius 3 is 2.71 bits per heavy atom. The topological polar surface area (TPSA) is 75.4 Å². The minimum Gasteiger partial charge on any atom is -0.346 e. The van der Waals surface area contributed by atoms with Crippen molar-refractivity contribution in [3.63, 3.8) is 0 Å². The fourth-order valence-corrected chi connectivity index (χ4v) is 2.10. The Balaban J connectivity index is 0.00000256. The Morgan fingerprint density at radius 2 is 2.12 bits per heavy atom. The molecule has 1 heterocycles. The monoisotopic (exact) mass is 263 g/mol. The smallest absolute Gasteiger partial charge is 0.242 e. The van der Waals surface area contributed by atoms with Crippen LogP contribution in [-0.4, -0.2) is 42.4 Å². The molecule has 0 aromatic rings. The summed E-state index contributed by atoms with van der Waals surface area (Å²) in [4.78, 5) is 24.7. The van der Waals surface area contributed by atoms with Gasteiger partial charge < -0.3 is 16.0 Å². The second-order valence-corrected chi connectivity index (χ2v) is 4.13. The van der Waals surface area contributed by atoms with Gasteiger partial charge in [0.25, 0.3) is 0 Å². The number of piperidine rings is 1. The molecular weight excluding hydrogens is 242 g/mol. The summed E-state index contributed by atoms with van der Waals surface area (Å²) in [5.74, 6) is -0.272. The SMILES string of the molecule is CCC1CCCCN1C(=O)CNC(=O)CN.Cl. The van der Waals surface area contributed by atoms with E-state index in [1.807, 2.05) is 4.90 Å². The molecule has 1 unspecified atom stereocenters. The normalized spacial score (nSPS) is 19.4. The third kappa shape index (κ3) is 4.91. The Labute approximate surface area is 109 Å². The van der Waals surface area contributed by atoms with E-state index in [2.05, 4.69) is 12.2 Å². The number of nitrogens with two attached hydrogens (primary N) is 1. The number of hydrogen-bond acceptors (Lipinski definition) is 3. The van der Waals surface area contributed by atoms with Crippen molar-refractivity contribution in [2.45, 2.75) is 38.6 Å². The van der Waals surface area contributed by atoms with Crippen LogP contribution >= 0.6 is 12.4 Å². The summed E-state index contributed by atoms with van der Waals surface area (Å²) in [7, 11) is 0. The lowest BCUT2D eigenvalue weighted by Crippen LogP contribution is -2.48. The van der Waals surface area contributed by atoms with Gasteiger partial charge in [-0.3, -0.25) is 9.59 Å². The van der Waals surface area contributed by atoms with Gasteiger partial charge in [-0.15, -0.1) is 12.4 Å². The van der Waals surface area contributed by atoms with Gasteiger partial charge in [-0.05, 0) is 25.7 Å². The van der Waals surface area contributed by atoms with Crippen LogP contribution in [0.25, 0.3) is 0 Å². The van der Waals surface area contributed by atoms with E-state index in [-0.39, 0.29) is 37.3 Å². The number of amides is 2. The lowest BCUT2D eigenvalue weighted by molar-refractivity contribution is -0.135. The zero-order valence-corrected chi connectivity index (χ0v) is 11.1. The van der Waals surface area contributed by atoms with Crippen molar-refractivity contribution >= 4 is 24.2 Å². The van der Waals surface area contributed by atoms with E-state index >= 15 is 0 Å². The highest BCUT2D eigenvalue weighted by Crippen LogP contribution is 2.19. The van der Waals surface area contributed by atoms with Crippen molar-refractivity contribution in [2.75, 3.05) is 19.6 Å². The third-order valence-corrected chi connectivity index (χ3v) is 3.04. The first-order chi connectivity index (χ1) is 7.69. The maximum atomic E-state index is 11.9. The van der Waals surface area contributed by atoms with Crippen molar-refractivity contribution in [2.24, 2.45) is 5.73 Å². The van der Waals surface area contributed by atoms with Gasteiger partial charge in [-0.25, -0.2) is 0 Å².